The molecule has 6 nitrogen and oxygen atoms in total. The first kappa shape index (κ1) is 15.4. The minimum absolute atomic E-state index is 0.198. The SMILES string of the molecule is CCn1nc(CNC(=O)c2cn3cc(C)ccc3n2)c2ccccc21. The van der Waals surface area contributed by atoms with Crippen LogP contribution in [0, 0.1) is 6.92 Å². The molecular formula is C19H19N5O. The number of benzene rings is 1. The monoisotopic (exact) mass is 333 g/mol. The zero-order valence-corrected chi connectivity index (χ0v) is 14.2. The van der Waals surface area contributed by atoms with Gasteiger partial charge >= 0.3 is 0 Å². The lowest BCUT2D eigenvalue weighted by molar-refractivity contribution is 0.0946. The summed E-state index contributed by atoms with van der Waals surface area (Å²) in [6.07, 6.45) is 3.70. The topological polar surface area (TPSA) is 64.2 Å². The maximum atomic E-state index is 12.5. The smallest absolute Gasteiger partial charge is 0.271 e. The predicted molar refractivity (Wildman–Crippen MR) is 96.5 cm³/mol. The molecule has 0 saturated carbocycles. The van der Waals surface area contributed by atoms with Gasteiger partial charge in [0.2, 0.25) is 0 Å². The van der Waals surface area contributed by atoms with Gasteiger partial charge in [0.1, 0.15) is 11.3 Å². The molecule has 0 unspecified atom stereocenters. The minimum Gasteiger partial charge on any atom is -0.345 e. The first-order valence-corrected chi connectivity index (χ1v) is 8.33. The molecule has 0 bridgehead atoms. The van der Waals surface area contributed by atoms with Crippen LogP contribution in [0.2, 0.25) is 0 Å². The van der Waals surface area contributed by atoms with Crippen molar-refractivity contribution >= 4 is 22.5 Å². The van der Waals surface area contributed by atoms with Crippen LogP contribution in [0.1, 0.15) is 28.7 Å². The number of pyridine rings is 1. The number of imidazole rings is 1. The van der Waals surface area contributed by atoms with Crippen molar-refractivity contribution in [2.75, 3.05) is 0 Å². The highest BCUT2D eigenvalue weighted by Crippen LogP contribution is 2.18. The molecule has 3 aromatic heterocycles. The summed E-state index contributed by atoms with van der Waals surface area (Å²) in [4.78, 5) is 16.8. The van der Waals surface area contributed by atoms with Gasteiger partial charge in [0.15, 0.2) is 0 Å². The van der Waals surface area contributed by atoms with Crippen LogP contribution >= 0.6 is 0 Å². The Morgan fingerprint density at radius 3 is 2.84 bits per heavy atom. The van der Waals surface area contributed by atoms with Gasteiger partial charge in [-0.2, -0.15) is 5.10 Å². The Kier molecular flexibility index (Phi) is 3.72. The Bertz CT molecular complexity index is 1080. The fourth-order valence-electron chi connectivity index (χ4n) is 3.03. The summed E-state index contributed by atoms with van der Waals surface area (Å²) in [6.45, 7) is 5.23. The van der Waals surface area contributed by atoms with Gasteiger partial charge in [-0.1, -0.05) is 24.3 Å². The molecule has 1 N–H and O–H groups in total. The Morgan fingerprint density at radius 1 is 1.16 bits per heavy atom. The third-order valence-corrected chi connectivity index (χ3v) is 4.28. The van der Waals surface area contributed by atoms with Crippen molar-refractivity contribution in [2.45, 2.75) is 26.9 Å². The van der Waals surface area contributed by atoms with Crippen LogP contribution in [0.4, 0.5) is 0 Å². The second-order valence-corrected chi connectivity index (χ2v) is 6.06. The zero-order chi connectivity index (χ0) is 17.4. The van der Waals surface area contributed by atoms with E-state index in [1.807, 2.05) is 58.6 Å². The van der Waals surface area contributed by atoms with E-state index in [0.717, 1.165) is 34.4 Å². The molecule has 3 heterocycles. The predicted octanol–water partition coefficient (Wildman–Crippen LogP) is 2.94. The highest BCUT2D eigenvalue weighted by Gasteiger charge is 2.13. The second kappa shape index (κ2) is 6.05. The number of hydrogen-bond acceptors (Lipinski definition) is 3. The third kappa shape index (κ3) is 2.76. The highest BCUT2D eigenvalue weighted by molar-refractivity contribution is 5.93. The van der Waals surface area contributed by atoms with Crippen LogP contribution in [0.3, 0.4) is 0 Å². The average molecular weight is 333 g/mol. The quantitative estimate of drug-likeness (QED) is 0.624. The number of aryl methyl sites for hydroxylation is 2. The van der Waals surface area contributed by atoms with E-state index in [0.29, 0.717) is 12.2 Å². The molecule has 1 aromatic carbocycles. The van der Waals surface area contributed by atoms with E-state index in [4.69, 9.17) is 0 Å². The van der Waals surface area contributed by atoms with Crippen LogP contribution in [0.5, 0.6) is 0 Å². The highest BCUT2D eigenvalue weighted by atomic mass is 16.1. The van der Waals surface area contributed by atoms with E-state index in [1.165, 1.54) is 0 Å². The normalized spacial score (nSPS) is 11.3. The molecule has 0 aliphatic rings. The second-order valence-electron chi connectivity index (χ2n) is 6.06. The van der Waals surface area contributed by atoms with Gasteiger partial charge in [0.25, 0.3) is 5.91 Å². The molecule has 0 saturated heterocycles. The molecule has 6 heteroatoms. The number of rotatable bonds is 4. The summed E-state index contributed by atoms with van der Waals surface area (Å²) >= 11 is 0. The molecule has 0 radical (unpaired) electrons. The van der Waals surface area contributed by atoms with Crippen molar-refractivity contribution in [3.05, 3.63) is 65.7 Å². The molecule has 0 fully saturated rings. The van der Waals surface area contributed by atoms with Gasteiger partial charge in [-0.25, -0.2) is 4.98 Å². The van der Waals surface area contributed by atoms with E-state index in [9.17, 15) is 4.79 Å². The van der Waals surface area contributed by atoms with Gasteiger partial charge in [0.05, 0.1) is 17.8 Å². The summed E-state index contributed by atoms with van der Waals surface area (Å²) in [5.41, 5.74) is 4.23. The molecule has 25 heavy (non-hydrogen) atoms. The number of amides is 1. The fourth-order valence-corrected chi connectivity index (χ4v) is 3.03. The standard InChI is InChI=1S/C19H19N5O/c1-3-24-17-7-5-4-6-14(17)15(22-24)10-20-19(25)16-12-23-11-13(2)8-9-18(23)21-16/h4-9,11-12H,3,10H2,1-2H3,(H,20,25). The molecule has 0 aliphatic carbocycles. The molecule has 1 amide bonds. The number of hydrogen-bond donors (Lipinski definition) is 1. The summed E-state index contributed by atoms with van der Waals surface area (Å²) in [5, 5.41) is 8.60. The summed E-state index contributed by atoms with van der Waals surface area (Å²) < 4.78 is 3.82. The number of carbonyl (C=O) groups is 1. The van der Waals surface area contributed by atoms with Gasteiger partial charge in [-0.05, 0) is 31.5 Å². The van der Waals surface area contributed by atoms with E-state index in [1.54, 1.807) is 6.20 Å². The lowest BCUT2D eigenvalue weighted by Crippen LogP contribution is -2.23. The average Bonchev–Trinajstić information content (AvgIpc) is 3.20. The molecule has 4 rings (SSSR count). The summed E-state index contributed by atoms with van der Waals surface area (Å²) in [5.74, 6) is -0.198. The van der Waals surface area contributed by atoms with E-state index < -0.39 is 0 Å². The lowest BCUT2D eigenvalue weighted by Gasteiger charge is -2.00. The maximum Gasteiger partial charge on any atom is 0.271 e. The largest absolute Gasteiger partial charge is 0.345 e. The number of carbonyl (C=O) groups excluding carboxylic acids is 1. The Morgan fingerprint density at radius 2 is 2.00 bits per heavy atom. The van der Waals surface area contributed by atoms with E-state index in [2.05, 4.69) is 22.3 Å². The van der Waals surface area contributed by atoms with Gasteiger partial charge in [-0.3, -0.25) is 9.48 Å². The fraction of sp³-hybridized carbons (Fsp3) is 0.211. The maximum absolute atomic E-state index is 12.5. The van der Waals surface area contributed by atoms with Crippen LogP contribution in [0.25, 0.3) is 16.6 Å². The number of nitrogens with one attached hydrogen (secondary N) is 1. The number of fused-ring (bicyclic) bond motifs is 2. The van der Waals surface area contributed by atoms with Crippen molar-refractivity contribution in [2.24, 2.45) is 0 Å². The Labute approximate surface area is 145 Å². The molecule has 0 aliphatic heterocycles. The number of aromatic nitrogens is 4. The third-order valence-electron chi connectivity index (χ3n) is 4.28. The number of nitrogens with zero attached hydrogens (tertiary/aromatic N) is 4. The van der Waals surface area contributed by atoms with Crippen molar-refractivity contribution in [1.82, 2.24) is 24.5 Å². The number of para-hydroxylation sites is 1. The van der Waals surface area contributed by atoms with Gasteiger partial charge in [-0.15, -0.1) is 0 Å². The molecule has 126 valence electrons. The van der Waals surface area contributed by atoms with Crippen LogP contribution < -0.4 is 5.32 Å². The van der Waals surface area contributed by atoms with Crippen LogP contribution in [-0.4, -0.2) is 25.1 Å². The van der Waals surface area contributed by atoms with E-state index in [-0.39, 0.29) is 5.91 Å². The molecule has 4 aromatic rings. The zero-order valence-electron chi connectivity index (χ0n) is 14.2. The Balaban J connectivity index is 1.57. The van der Waals surface area contributed by atoms with Crippen LogP contribution in [0.15, 0.2) is 48.8 Å². The summed E-state index contributed by atoms with van der Waals surface area (Å²) in [6, 6.07) is 11.9. The first-order valence-electron chi connectivity index (χ1n) is 8.33. The minimum atomic E-state index is -0.198. The van der Waals surface area contributed by atoms with Crippen molar-refractivity contribution in [3.63, 3.8) is 0 Å². The Hall–Kier alpha value is -3.15. The lowest BCUT2D eigenvalue weighted by atomic mass is 10.2. The van der Waals surface area contributed by atoms with Gasteiger partial charge in [0, 0.05) is 24.3 Å². The van der Waals surface area contributed by atoms with Crippen molar-refractivity contribution in [3.8, 4) is 0 Å². The molecular weight excluding hydrogens is 314 g/mol. The van der Waals surface area contributed by atoms with Crippen molar-refractivity contribution in [1.29, 1.82) is 0 Å². The van der Waals surface area contributed by atoms with Gasteiger partial charge < -0.3 is 9.72 Å². The first-order chi connectivity index (χ1) is 12.2. The van der Waals surface area contributed by atoms with Crippen LogP contribution in [-0.2, 0) is 13.1 Å². The molecule has 0 atom stereocenters. The van der Waals surface area contributed by atoms with E-state index >= 15 is 0 Å². The summed E-state index contributed by atoms with van der Waals surface area (Å²) in [7, 11) is 0. The van der Waals surface area contributed by atoms with Crippen molar-refractivity contribution < 1.29 is 4.79 Å². The molecule has 0 spiro atoms.